The van der Waals surface area contributed by atoms with Gasteiger partial charge in [-0.2, -0.15) is 4.37 Å². The van der Waals surface area contributed by atoms with E-state index in [1.165, 1.54) is 16.1 Å². The van der Waals surface area contributed by atoms with E-state index in [0.717, 1.165) is 30.8 Å². The third-order valence-corrected chi connectivity index (χ3v) is 4.40. The molecule has 0 aliphatic carbocycles. The van der Waals surface area contributed by atoms with E-state index in [-0.39, 0.29) is 0 Å². The first-order valence-corrected chi connectivity index (χ1v) is 7.44. The highest BCUT2D eigenvalue weighted by Crippen LogP contribution is 2.35. The van der Waals surface area contributed by atoms with Gasteiger partial charge in [-0.1, -0.05) is 28.1 Å². The lowest BCUT2D eigenvalue weighted by atomic mass is 10.1. The van der Waals surface area contributed by atoms with Crippen LogP contribution in [0.2, 0.25) is 0 Å². The van der Waals surface area contributed by atoms with Gasteiger partial charge in [-0.05, 0) is 29.2 Å². The molecule has 3 rings (SSSR count). The van der Waals surface area contributed by atoms with E-state index in [4.69, 9.17) is 4.74 Å². The van der Waals surface area contributed by atoms with Crippen LogP contribution in [0.1, 0.15) is 0 Å². The fraction of sp³-hybridized carbons (Fsp3) is 0.308. The minimum atomic E-state index is 0.803. The van der Waals surface area contributed by atoms with Gasteiger partial charge in [0.1, 0.15) is 5.00 Å². The molecule has 0 bridgehead atoms. The lowest BCUT2D eigenvalue weighted by Crippen LogP contribution is -2.35. The molecule has 1 aliphatic heterocycles. The van der Waals surface area contributed by atoms with Crippen LogP contribution in [0.5, 0.6) is 0 Å². The molecule has 0 radical (unpaired) electrons. The fourth-order valence-electron chi connectivity index (χ4n) is 2.06. The Balaban J connectivity index is 1.93. The zero-order valence-corrected chi connectivity index (χ0v) is 12.2. The van der Waals surface area contributed by atoms with Crippen LogP contribution in [0.4, 0.5) is 5.00 Å². The first kappa shape index (κ1) is 12.1. The molecule has 1 saturated heterocycles. The van der Waals surface area contributed by atoms with Gasteiger partial charge in [0.2, 0.25) is 0 Å². The molecular weight excluding hydrogens is 312 g/mol. The molecule has 18 heavy (non-hydrogen) atoms. The summed E-state index contributed by atoms with van der Waals surface area (Å²) in [4.78, 5) is 2.36. The average molecular weight is 325 g/mol. The summed E-state index contributed by atoms with van der Waals surface area (Å²) in [7, 11) is 0. The number of nitrogens with zero attached hydrogens (tertiary/aromatic N) is 2. The van der Waals surface area contributed by atoms with Crippen molar-refractivity contribution in [1.82, 2.24) is 4.37 Å². The quantitative estimate of drug-likeness (QED) is 0.846. The first-order chi connectivity index (χ1) is 8.84. The Labute approximate surface area is 119 Å². The lowest BCUT2D eigenvalue weighted by Gasteiger charge is -2.28. The van der Waals surface area contributed by atoms with E-state index in [2.05, 4.69) is 49.5 Å². The molecule has 2 heterocycles. The normalized spacial score (nSPS) is 15.9. The highest BCUT2D eigenvalue weighted by Gasteiger charge is 2.17. The molecule has 2 aromatic rings. The summed E-state index contributed by atoms with van der Waals surface area (Å²) in [5, 5.41) is 1.25. The monoisotopic (exact) mass is 324 g/mol. The van der Waals surface area contributed by atoms with Gasteiger partial charge < -0.3 is 9.64 Å². The SMILES string of the molecule is Brc1ccc(-c2cnsc2N2CCOCC2)cc1. The summed E-state index contributed by atoms with van der Waals surface area (Å²) in [6, 6.07) is 8.38. The first-order valence-electron chi connectivity index (χ1n) is 5.88. The van der Waals surface area contributed by atoms with Crippen molar-refractivity contribution in [2.75, 3.05) is 31.2 Å². The van der Waals surface area contributed by atoms with Gasteiger partial charge >= 0.3 is 0 Å². The third kappa shape index (κ3) is 2.43. The van der Waals surface area contributed by atoms with Crippen molar-refractivity contribution in [3.05, 3.63) is 34.9 Å². The highest BCUT2D eigenvalue weighted by molar-refractivity contribution is 9.10. The molecule has 1 fully saturated rings. The number of hydrogen-bond donors (Lipinski definition) is 0. The zero-order valence-electron chi connectivity index (χ0n) is 9.80. The second-order valence-corrected chi connectivity index (χ2v) is 5.85. The molecule has 1 aromatic heterocycles. The van der Waals surface area contributed by atoms with E-state index >= 15 is 0 Å². The topological polar surface area (TPSA) is 25.4 Å². The molecule has 0 amide bonds. The van der Waals surface area contributed by atoms with Crippen LogP contribution in [0.3, 0.4) is 0 Å². The molecule has 0 unspecified atom stereocenters. The van der Waals surface area contributed by atoms with Crippen molar-refractivity contribution >= 4 is 32.5 Å². The summed E-state index contributed by atoms with van der Waals surface area (Å²) >= 11 is 5.03. The highest BCUT2D eigenvalue weighted by atomic mass is 79.9. The van der Waals surface area contributed by atoms with Crippen molar-refractivity contribution in [2.24, 2.45) is 0 Å². The molecule has 1 aromatic carbocycles. The number of benzene rings is 1. The fourth-order valence-corrected chi connectivity index (χ4v) is 3.14. The predicted octanol–water partition coefficient (Wildman–Crippen LogP) is 3.41. The summed E-state index contributed by atoms with van der Waals surface area (Å²) in [5.41, 5.74) is 2.43. The molecular formula is C13H13BrN2OS. The van der Waals surface area contributed by atoms with Gasteiger partial charge in [-0.15, -0.1) is 0 Å². The minimum Gasteiger partial charge on any atom is -0.378 e. The number of hydrogen-bond acceptors (Lipinski definition) is 4. The maximum atomic E-state index is 5.40. The van der Waals surface area contributed by atoms with Crippen LogP contribution in [-0.4, -0.2) is 30.7 Å². The molecule has 1 aliphatic rings. The maximum Gasteiger partial charge on any atom is 0.120 e. The van der Waals surface area contributed by atoms with E-state index in [9.17, 15) is 0 Å². The van der Waals surface area contributed by atoms with Gasteiger partial charge in [0.25, 0.3) is 0 Å². The Morgan fingerprint density at radius 1 is 1.17 bits per heavy atom. The van der Waals surface area contributed by atoms with Crippen LogP contribution in [0.15, 0.2) is 34.9 Å². The van der Waals surface area contributed by atoms with E-state index in [0.29, 0.717) is 0 Å². The van der Waals surface area contributed by atoms with Gasteiger partial charge in [0.15, 0.2) is 0 Å². The van der Waals surface area contributed by atoms with Crippen molar-refractivity contribution in [3.63, 3.8) is 0 Å². The van der Waals surface area contributed by atoms with E-state index < -0.39 is 0 Å². The van der Waals surface area contributed by atoms with Crippen molar-refractivity contribution < 1.29 is 4.74 Å². The Morgan fingerprint density at radius 3 is 2.61 bits per heavy atom. The van der Waals surface area contributed by atoms with Crippen LogP contribution in [0, 0.1) is 0 Å². The van der Waals surface area contributed by atoms with Crippen LogP contribution >= 0.6 is 27.5 Å². The Morgan fingerprint density at radius 2 is 1.89 bits per heavy atom. The zero-order chi connectivity index (χ0) is 12.4. The predicted molar refractivity (Wildman–Crippen MR) is 78.3 cm³/mol. The van der Waals surface area contributed by atoms with Crippen LogP contribution in [-0.2, 0) is 4.74 Å². The number of rotatable bonds is 2. The van der Waals surface area contributed by atoms with Crippen molar-refractivity contribution in [1.29, 1.82) is 0 Å². The minimum absolute atomic E-state index is 0.803. The number of ether oxygens (including phenoxy) is 1. The molecule has 3 nitrogen and oxygen atoms in total. The summed E-state index contributed by atoms with van der Waals surface area (Å²) < 4.78 is 10.8. The third-order valence-electron chi connectivity index (χ3n) is 3.00. The van der Waals surface area contributed by atoms with Gasteiger partial charge in [0.05, 0.1) is 19.4 Å². The Hall–Kier alpha value is -0.910. The summed E-state index contributed by atoms with van der Waals surface area (Å²) in [6.07, 6.45) is 1.96. The van der Waals surface area contributed by atoms with Crippen molar-refractivity contribution in [2.45, 2.75) is 0 Å². The largest absolute Gasteiger partial charge is 0.378 e. The number of halogens is 1. The molecule has 94 valence electrons. The number of morpholine rings is 1. The smallest absolute Gasteiger partial charge is 0.120 e. The molecule has 0 N–H and O–H groups in total. The second kappa shape index (κ2) is 5.38. The lowest BCUT2D eigenvalue weighted by molar-refractivity contribution is 0.123. The van der Waals surface area contributed by atoms with Crippen LogP contribution < -0.4 is 4.90 Å². The Bertz CT molecular complexity index is 520. The van der Waals surface area contributed by atoms with Gasteiger partial charge in [0, 0.05) is 23.1 Å². The van der Waals surface area contributed by atoms with Gasteiger partial charge in [-0.3, -0.25) is 0 Å². The van der Waals surface area contributed by atoms with E-state index in [1.807, 2.05) is 6.20 Å². The van der Waals surface area contributed by atoms with Gasteiger partial charge in [-0.25, -0.2) is 0 Å². The maximum absolute atomic E-state index is 5.40. The summed E-state index contributed by atoms with van der Waals surface area (Å²) in [6.45, 7) is 3.51. The summed E-state index contributed by atoms with van der Waals surface area (Å²) in [5.74, 6) is 0. The van der Waals surface area contributed by atoms with Crippen LogP contribution in [0.25, 0.3) is 11.1 Å². The molecule has 0 atom stereocenters. The van der Waals surface area contributed by atoms with Crippen molar-refractivity contribution in [3.8, 4) is 11.1 Å². The Kier molecular flexibility index (Phi) is 3.63. The molecule has 5 heteroatoms. The van der Waals surface area contributed by atoms with E-state index in [1.54, 1.807) is 11.5 Å². The number of anilines is 1. The molecule has 0 saturated carbocycles. The number of aromatic nitrogens is 1. The average Bonchev–Trinajstić information content (AvgIpc) is 2.90. The molecule has 0 spiro atoms. The second-order valence-electron chi connectivity index (χ2n) is 4.15. The standard InChI is InChI=1S/C13H13BrN2OS/c14-11-3-1-10(2-4-11)12-9-15-18-13(12)16-5-7-17-8-6-16/h1-4,9H,5-8H2.